The van der Waals surface area contributed by atoms with Crippen molar-refractivity contribution in [3.8, 4) is 11.5 Å². The molecule has 2 saturated heterocycles. The molecule has 198 valence electrons. The summed E-state index contributed by atoms with van der Waals surface area (Å²) in [6.45, 7) is 2.59. The monoisotopic (exact) mass is 552 g/mol. The molecule has 2 heterocycles. The average Bonchev–Trinajstić information content (AvgIpc) is 2.94. The summed E-state index contributed by atoms with van der Waals surface area (Å²) in [5.41, 5.74) is 0.918. The normalized spacial score (nSPS) is 19.4. The van der Waals surface area contributed by atoms with Crippen LogP contribution in [0, 0.1) is 0 Å². The van der Waals surface area contributed by atoms with Crippen LogP contribution >= 0.6 is 23.2 Å². The van der Waals surface area contributed by atoms with E-state index in [0.717, 1.165) is 24.2 Å². The van der Waals surface area contributed by atoms with Crippen molar-refractivity contribution in [2.45, 2.75) is 31.3 Å². The number of benzene rings is 3. The minimum atomic E-state index is -0.550. The van der Waals surface area contributed by atoms with Crippen LogP contribution in [0.25, 0.3) is 0 Å². The van der Waals surface area contributed by atoms with Gasteiger partial charge in [0, 0.05) is 35.1 Å². The molecule has 8 heteroatoms. The Morgan fingerprint density at radius 3 is 2.42 bits per heavy atom. The number of morpholine rings is 1. The molecule has 0 radical (unpaired) electrons. The fourth-order valence-electron chi connectivity index (χ4n) is 5.18. The molecule has 2 fully saturated rings. The van der Waals surface area contributed by atoms with Crippen molar-refractivity contribution in [1.82, 2.24) is 9.80 Å². The van der Waals surface area contributed by atoms with E-state index in [2.05, 4.69) is 0 Å². The summed E-state index contributed by atoms with van der Waals surface area (Å²) >= 11 is 12.4. The number of hydrogen-bond acceptors (Lipinski definition) is 4. The van der Waals surface area contributed by atoms with E-state index in [0.29, 0.717) is 67.0 Å². The number of hydrogen-bond donors (Lipinski definition) is 0. The van der Waals surface area contributed by atoms with Crippen molar-refractivity contribution in [2.75, 3.05) is 32.8 Å². The Hall–Kier alpha value is -3.06. The highest BCUT2D eigenvalue weighted by Gasteiger charge is 2.43. The highest BCUT2D eigenvalue weighted by atomic mass is 35.5. The lowest BCUT2D eigenvalue weighted by molar-refractivity contribution is -0.158. The highest BCUT2D eigenvalue weighted by molar-refractivity contribution is 6.33. The Bertz CT molecular complexity index is 1280. The summed E-state index contributed by atoms with van der Waals surface area (Å²) in [4.78, 5) is 30.2. The zero-order valence-electron chi connectivity index (χ0n) is 21.1. The van der Waals surface area contributed by atoms with Crippen LogP contribution in [0.4, 0.5) is 0 Å². The molecule has 2 aliphatic heterocycles. The van der Waals surface area contributed by atoms with Crippen LogP contribution in [0.1, 0.15) is 35.2 Å². The van der Waals surface area contributed by atoms with Gasteiger partial charge in [-0.3, -0.25) is 9.59 Å². The topological polar surface area (TPSA) is 59.1 Å². The summed E-state index contributed by atoms with van der Waals surface area (Å²) in [7, 11) is 0. The molecule has 6 nitrogen and oxygen atoms in total. The molecule has 0 saturated carbocycles. The quantitative estimate of drug-likeness (QED) is 0.362. The van der Waals surface area contributed by atoms with Crippen molar-refractivity contribution in [3.63, 3.8) is 0 Å². The van der Waals surface area contributed by atoms with Gasteiger partial charge in [0.2, 0.25) is 5.91 Å². The maximum Gasteiger partial charge on any atom is 0.253 e. The first-order valence-electron chi connectivity index (χ1n) is 12.9. The van der Waals surface area contributed by atoms with E-state index in [-0.39, 0.29) is 11.8 Å². The van der Waals surface area contributed by atoms with E-state index in [4.69, 9.17) is 32.7 Å². The van der Waals surface area contributed by atoms with E-state index < -0.39 is 5.60 Å². The lowest BCUT2D eigenvalue weighted by Gasteiger charge is -2.48. The summed E-state index contributed by atoms with van der Waals surface area (Å²) in [5, 5.41) is 1.22. The van der Waals surface area contributed by atoms with Gasteiger partial charge in [0.1, 0.15) is 17.1 Å². The number of ether oxygens (including phenoxy) is 2. The number of likely N-dealkylation sites (tertiary alicyclic amines) is 1. The lowest BCUT2D eigenvalue weighted by atomic mass is 9.90. The molecule has 0 aliphatic carbocycles. The molecule has 3 aromatic carbocycles. The van der Waals surface area contributed by atoms with Crippen molar-refractivity contribution >= 4 is 35.0 Å². The predicted octanol–water partition coefficient (Wildman–Crippen LogP) is 6.25. The first-order chi connectivity index (χ1) is 18.4. The fourth-order valence-corrected chi connectivity index (χ4v) is 5.59. The molecule has 38 heavy (non-hydrogen) atoms. The van der Waals surface area contributed by atoms with Gasteiger partial charge in [-0.15, -0.1) is 0 Å². The molecule has 2 aliphatic rings. The third-order valence-electron chi connectivity index (χ3n) is 7.12. The Labute approximate surface area is 233 Å². The third kappa shape index (κ3) is 6.32. The second kappa shape index (κ2) is 11.8. The van der Waals surface area contributed by atoms with Crippen LogP contribution in [0.3, 0.4) is 0 Å². The van der Waals surface area contributed by atoms with Crippen LogP contribution in [-0.4, -0.2) is 60.0 Å². The molecular weight excluding hydrogens is 523 g/mol. The second-order valence-corrected chi connectivity index (χ2v) is 10.7. The largest absolute Gasteiger partial charge is 0.457 e. The van der Waals surface area contributed by atoms with Gasteiger partial charge in [-0.2, -0.15) is 0 Å². The number of piperidine rings is 1. The van der Waals surface area contributed by atoms with E-state index in [1.807, 2.05) is 58.3 Å². The van der Waals surface area contributed by atoms with Crippen LogP contribution in [0.2, 0.25) is 10.0 Å². The van der Waals surface area contributed by atoms with Crippen LogP contribution in [0.15, 0.2) is 72.8 Å². The molecule has 3 aromatic rings. The molecule has 2 amide bonds. The fraction of sp³-hybridized carbons (Fsp3) is 0.333. The maximum absolute atomic E-state index is 13.4. The van der Waals surface area contributed by atoms with Crippen molar-refractivity contribution < 1.29 is 19.1 Å². The standard InChI is InChI=1S/C30H30Cl2N2O4/c31-24-10-13-27(32)23(19-24)9-14-28(35)33-17-18-37-30(20-33)15-4-16-34(21-30)29(36)22-7-11-26(12-8-22)38-25-5-2-1-3-6-25/h1-3,5-8,10-13,19H,4,9,14-18,20-21H2. The number of amides is 2. The number of carbonyl (C=O) groups is 2. The van der Waals surface area contributed by atoms with Gasteiger partial charge in [0.25, 0.3) is 5.91 Å². The van der Waals surface area contributed by atoms with Crippen molar-refractivity contribution in [1.29, 1.82) is 0 Å². The van der Waals surface area contributed by atoms with Crippen LogP contribution in [-0.2, 0) is 16.0 Å². The van der Waals surface area contributed by atoms with E-state index in [1.165, 1.54) is 0 Å². The van der Waals surface area contributed by atoms with Gasteiger partial charge < -0.3 is 19.3 Å². The van der Waals surface area contributed by atoms with Crippen LogP contribution < -0.4 is 4.74 Å². The predicted molar refractivity (Wildman–Crippen MR) is 148 cm³/mol. The number of nitrogens with zero attached hydrogens (tertiary/aromatic N) is 2. The molecule has 1 spiro atoms. The molecule has 0 bridgehead atoms. The van der Waals surface area contributed by atoms with Gasteiger partial charge in [-0.1, -0.05) is 41.4 Å². The van der Waals surface area contributed by atoms with Gasteiger partial charge in [-0.25, -0.2) is 0 Å². The number of halogens is 2. The molecule has 1 unspecified atom stereocenters. The van der Waals surface area contributed by atoms with Gasteiger partial charge >= 0.3 is 0 Å². The van der Waals surface area contributed by atoms with Gasteiger partial charge in [-0.05, 0) is 79.4 Å². The van der Waals surface area contributed by atoms with Crippen molar-refractivity contribution in [3.05, 3.63) is 94.0 Å². The average molecular weight is 553 g/mol. The number of rotatable bonds is 6. The Morgan fingerprint density at radius 1 is 0.895 bits per heavy atom. The summed E-state index contributed by atoms with van der Waals surface area (Å²) in [6, 6.07) is 22.0. The molecular formula is C30H30Cl2N2O4. The van der Waals surface area contributed by atoms with Gasteiger partial charge in [0.15, 0.2) is 0 Å². The first kappa shape index (κ1) is 26.5. The zero-order chi connectivity index (χ0) is 26.5. The van der Waals surface area contributed by atoms with E-state index in [1.54, 1.807) is 24.3 Å². The molecule has 1 atom stereocenters. The molecule has 0 aromatic heterocycles. The van der Waals surface area contributed by atoms with Crippen molar-refractivity contribution in [2.24, 2.45) is 0 Å². The number of para-hydroxylation sites is 1. The minimum absolute atomic E-state index is 0.0435. The second-order valence-electron chi connectivity index (χ2n) is 9.85. The first-order valence-corrected chi connectivity index (χ1v) is 13.6. The molecule has 0 N–H and O–H groups in total. The van der Waals surface area contributed by atoms with E-state index in [9.17, 15) is 9.59 Å². The number of carbonyl (C=O) groups excluding carboxylic acids is 2. The van der Waals surface area contributed by atoms with E-state index >= 15 is 0 Å². The summed E-state index contributed by atoms with van der Waals surface area (Å²) < 4.78 is 12.1. The smallest absolute Gasteiger partial charge is 0.253 e. The number of aryl methyl sites for hydroxylation is 1. The Balaban J connectivity index is 1.19. The summed E-state index contributed by atoms with van der Waals surface area (Å²) in [6.07, 6.45) is 2.50. The zero-order valence-corrected chi connectivity index (χ0v) is 22.6. The minimum Gasteiger partial charge on any atom is -0.457 e. The SMILES string of the molecule is O=C(CCc1cc(Cl)ccc1Cl)N1CCOC2(CCCN(C(=O)c3ccc(Oc4ccccc4)cc3)C2)C1. The van der Waals surface area contributed by atoms with Gasteiger partial charge in [0.05, 0.1) is 19.7 Å². The third-order valence-corrected chi connectivity index (χ3v) is 7.73. The molecule has 5 rings (SSSR count). The Morgan fingerprint density at radius 2 is 1.63 bits per heavy atom. The Kier molecular flexibility index (Phi) is 8.22. The lowest BCUT2D eigenvalue weighted by Crippen LogP contribution is -2.61. The highest BCUT2D eigenvalue weighted by Crippen LogP contribution is 2.31. The summed E-state index contributed by atoms with van der Waals surface area (Å²) in [5.74, 6) is 1.43. The van der Waals surface area contributed by atoms with Crippen LogP contribution in [0.5, 0.6) is 11.5 Å². The maximum atomic E-state index is 13.4.